The van der Waals surface area contributed by atoms with Crippen molar-refractivity contribution in [3.8, 4) is 0 Å². The highest BCUT2D eigenvalue weighted by molar-refractivity contribution is 6.45. The zero-order valence-electron chi connectivity index (χ0n) is 20.2. The SMILES string of the molecule is NC=O.O=C(O)CCOCCCCN1C=CC(c2cc(Cl)c(Cl)c3[nH]c4c(c23)CN(C(=O)CO)CC4)N1. The molecule has 11 nitrogen and oxygen atoms in total. The number of carbonyl (C=O) groups excluding carboxylic acids is 2. The number of hydrogen-bond donors (Lipinski definition) is 5. The van der Waals surface area contributed by atoms with Gasteiger partial charge < -0.3 is 35.6 Å². The molecule has 0 spiro atoms. The summed E-state index contributed by atoms with van der Waals surface area (Å²) in [6, 6.07) is 1.75. The van der Waals surface area contributed by atoms with Crippen LogP contribution in [0.1, 0.15) is 42.1 Å². The van der Waals surface area contributed by atoms with Crippen LogP contribution in [0, 0.1) is 0 Å². The Hall–Kier alpha value is -2.83. The number of primary amides is 1. The van der Waals surface area contributed by atoms with E-state index >= 15 is 0 Å². The Labute approximate surface area is 224 Å². The van der Waals surface area contributed by atoms with E-state index in [0.717, 1.165) is 47.1 Å². The zero-order chi connectivity index (χ0) is 26.9. The minimum atomic E-state index is -0.856. The topological polar surface area (TPSA) is 161 Å². The molecule has 6 N–H and O–H groups in total. The minimum absolute atomic E-state index is 0.0188. The smallest absolute Gasteiger partial charge is 0.305 e. The number of H-pyrrole nitrogens is 1. The molecule has 3 heterocycles. The first kappa shape index (κ1) is 28.7. The van der Waals surface area contributed by atoms with E-state index in [1.54, 1.807) is 4.90 Å². The van der Waals surface area contributed by atoms with Gasteiger partial charge in [-0.05, 0) is 30.5 Å². The zero-order valence-corrected chi connectivity index (χ0v) is 21.7. The number of fused-ring (bicyclic) bond motifs is 3. The van der Waals surface area contributed by atoms with Crippen LogP contribution in [0.2, 0.25) is 10.0 Å². The number of aromatic nitrogens is 1. The number of carboxylic acids is 1. The molecule has 0 saturated carbocycles. The number of aliphatic hydroxyl groups is 1. The van der Waals surface area contributed by atoms with E-state index in [1.807, 2.05) is 17.3 Å². The molecule has 1 aromatic carbocycles. The van der Waals surface area contributed by atoms with E-state index in [-0.39, 0.29) is 31.4 Å². The van der Waals surface area contributed by atoms with Crippen molar-refractivity contribution in [3.05, 3.63) is 45.2 Å². The van der Waals surface area contributed by atoms with Gasteiger partial charge in [0.2, 0.25) is 12.3 Å². The van der Waals surface area contributed by atoms with Crippen LogP contribution < -0.4 is 11.2 Å². The molecule has 0 radical (unpaired) electrons. The van der Waals surface area contributed by atoms with Crippen LogP contribution in [0.4, 0.5) is 0 Å². The summed E-state index contributed by atoms with van der Waals surface area (Å²) in [5, 5.41) is 21.8. The quantitative estimate of drug-likeness (QED) is 0.220. The number of unbranched alkanes of at least 4 members (excludes halogenated alkanes) is 1. The third-order valence-corrected chi connectivity index (χ3v) is 6.94. The average Bonchev–Trinajstić information content (AvgIpc) is 3.50. The summed E-state index contributed by atoms with van der Waals surface area (Å²) in [5.74, 6) is -1.15. The van der Waals surface area contributed by atoms with Gasteiger partial charge in [0.1, 0.15) is 6.61 Å². The number of aliphatic hydroxyl groups excluding tert-OH is 1. The summed E-state index contributed by atoms with van der Waals surface area (Å²) in [7, 11) is 0. The van der Waals surface area contributed by atoms with Gasteiger partial charge in [0.05, 0.1) is 34.6 Å². The van der Waals surface area contributed by atoms with Crippen LogP contribution in [-0.4, -0.2) is 76.3 Å². The van der Waals surface area contributed by atoms with Crippen molar-refractivity contribution in [2.24, 2.45) is 5.73 Å². The number of halogens is 2. The molecule has 2 aliphatic heterocycles. The lowest BCUT2D eigenvalue weighted by molar-refractivity contribution is -0.138. The van der Waals surface area contributed by atoms with Crippen molar-refractivity contribution < 1.29 is 29.3 Å². The Bertz CT molecular complexity index is 1150. The number of nitrogens with zero attached hydrogens (tertiary/aromatic N) is 2. The maximum absolute atomic E-state index is 12.1. The van der Waals surface area contributed by atoms with Crippen molar-refractivity contribution in [2.75, 3.05) is 32.9 Å². The first-order chi connectivity index (χ1) is 17.8. The van der Waals surface area contributed by atoms with Gasteiger partial charge in [-0.2, -0.15) is 0 Å². The second kappa shape index (κ2) is 13.6. The fraction of sp³-hybridized carbons (Fsp3) is 0.458. The average molecular weight is 556 g/mol. The second-order valence-corrected chi connectivity index (χ2v) is 9.34. The number of nitrogens with one attached hydrogen (secondary N) is 2. The highest BCUT2D eigenvalue weighted by Crippen LogP contribution is 2.41. The Morgan fingerprint density at radius 2 is 2.03 bits per heavy atom. The molecule has 202 valence electrons. The number of nitrogens with two attached hydrogens (primary N) is 1. The number of aliphatic carboxylic acids is 1. The predicted molar refractivity (Wildman–Crippen MR) is 139 cm³/mol. The van der Waals surface area contributed by atoms with Crippen LogP contribution >= 0.6 is 23.2 Å². The molecular formula is C24H31Cl2N5O6. The summed E-state index contributed by atoms with van der Waals surface area (Å²) in [5.41, 5.74) is 11.4. The lowest BCUT2D eigenvalue weighted by atomic mass is 9.96. The van der Waals surface area contributed by atoms with E-state index in [2.05, 4.69) is 22.2 Å². The van der Waals surface area contributed by atoms with Crippen molar-refractivity contribution in [1.82, 2.24) is 20.3 Å². The van der Waals surface area contributed by atoms with Gasteiger partial charge in [-0.15, -0.1) is 0 Å². The molecule has 2 amide bonds. The number of hydrazine groups is 1. The molecule has 0 bridgehead atoms. The number of benzene rings is 1. The van der Waals surface area contributed by atoms with E-state index in [9.17, 15) is 14.7 Å². The van der Waals surface area contributed by atoms with E-state index in [4.69, 9.17) is 37.8 Å². The Morgan fingerprint density at radius 3 is 2.73 bits per heavy atom. The lowest BCUT2D eigenvalue weighted by Crippen LogP contribution is -2.37. The number of amides is 2. The molecule has 1 aromatic heterocycles. The molecule has 1 unspecified atom stereocenters. The third kappa shape index (κ3) is 7.14. The van der Waals surface area contributed by atoms with Gasteiger partial charge in [0.25, 0.3) is 0 Å². The number of carbonyl (C=O) groups is 3. The van der Waals surface area contributed by atoms with Crippen molar-refractivity contribution in [1.29, 1.82) is 0 Å². The fourth-order valence-corrected chi connectivity index (χ4v) is 4.85. The van der Waals surface area contributed by atoms with Gasteiger partial charge in [0.15, 0.2) is 0 Å². The monoisotopic (exact) mass is 555 g/mol. The van der Waals surface area contributed by atoms with Crippen LogP contribution in [0.3, 0.4) is 0 Å². The summed E-state index contributed by atoms with van der Waals surface area (Å²) < 4.78 is 5.34. The van der Waals surface area contributed by atoms with Crippen LogP contribution in [0.15, 0.2) is 18.3 Å². The highest BCUT2D eigenvalue weighted by atomic mass is 35.5. The van der Waals surface area contributed by atoms with Gasteiger partial charge in [-0.3, -0.25) is 14.4 Å². The molecule has 2 aliphatic rings. The highest BCUT2D eigenvalue weighted by Gasteiger charge is 2.29. The first-order valence-corrected chi connectivity index (χ1v) is 12.6. The van der Waals surface area contributed by atoms with Gasteiger partial charge in [-0.1, -0.05) is 23.2 Å². The van der Waals surface area contributed by atoms with Crippen LogP contribution in [0.25, 0.3) is 10.9 Å². The Kier molecular flexibility index (Phi) is 10.6. The van der Waals surface area contributed by atoms with E-state index in [0.29, 0.717) is 36.2 Å². The van der Waals surface area contributed by atoms with E-state index in [1.165, 1.54) is 0 Å². The van der Waals surface area contributed by atoms with Gasteiger partial charge >= 0.3 is 5.97 Å². The molecule has 37 heavy (non-hydrogen) atoms. The molecule has 2 aromatic rings. The van der Waals surface area contributed by atoms with Crippen molar-refractivity contribution >= 4 is 52.4 Å². The molecule has 0 aliphatic carbocycles. The van der Waals surface area contributed by atoms with Crippen LogP contribution in [0.5, 0.6) is 0 Å². The second-order valence-electron chi connectivity index (χ2n) is 8.56. The third-order valence-electron chi connectivity index (χ3n) is 6.16. The number of carboxylic acid groups (broad SMARTS) is 1. The van der Waals surface area contributed by atoms with Crippen molar-refractivity contribution in [2.45, 2.75) is 38.3 Å². The maximum atomic E-state index is 12.1. The summed E-state index contributed by atoms with van der Waals surface area (Å²) in [4.78, 5) is 36.3. The van der Waals surface area contributed by atoms with Gasteiger partial charge in [0, 0.05) is 55.5 Å². The fourth-order valence-electron chi connectivity index (χ4n) is 4.44. The predicted octanol–water partition coefficient (Wildman–Crippen LogP) is 2.10. The normalized spacial score (nSPS) is 16.5. The number of hydrogen-bond acceptors (Lipinski definition) is 7. The minimum Gasteiger partial charge on any atom is -0.481 e. The molecule has 4 rings (SSSR count). The Balaban J connectivity index is 0.00000121. The number of ether oxygens (including phenoxy) is 1. The molecule has 0 saturated heterocycles. The summed E-state index contributed by atoms with van der Waals surface area (Å²) >= 11 is 13.0. The number of rotatable bonds is 10. The maximum Gasteiger partial charge on any atom is 0.305 e. The molecular weight excluding hydrogens is 525 g/mol. The standard InChI is InChI=1S/C23H28Cl2N4O5.CH3NO/c24-16-11-14(18-4-8-29(27-18)6-1-2-9-34-10-5-20(32)33)21-15-12-28(19(31)13-30)7-3-17(15)26-23(21)22(16)25;2-1-3/h4,8,11,18,26-27,30H,1-3,5-7,9-10,12-13H2,(H,32,33);1H,(H2,2,3). The lowest BCUT2D eigenvalue weighted by Gasteiger charge is -2.27. The van der Waals surface area contributed by atoms with Crippen LogP contribution in [-0.2, 0) is 32.1 Å². The Morgan fingerprint density at radius 1 is 1.27 bits per heavy atom. The molecule has 0 fully saturated rings. The van der Waals surface area contributed by atoms with Crippen molar-refractivity contribution in [3.63, 3.8) is 0 Å². The van der Waals surface area contributed by atoms with E-state index < -0.39 is 12.6 Å². The molecule has 1 atom stereocenters. The molecule has 13 heteroatoms. The summed E-state index contributed by atoms with van der Waals surface area (Å²) in [6.07, 6.45) is 6.67. The number of aromatic amines is 1. The van der Waals surface area contributed by atoms with Gasteiger partial charge in [-0.25, -0.2) is 5.43 Å². The summed E-state index contributed by atoms with van der Waals surface area (Å²) in [6.45, 7) is 1.96. The first-order valence-electron chi connectivity index (χ1n) is 11.9. The largest absolute Gasteiger partial charge is 0.481 e.